The maximum absolute atomic E-state index is 5.71. The van der Waals surface area contributed by atoms with Crippen LogP contribution >= 0.6 is 0 Å². The first-order valence-corrected chi connectivity index (χ1v) is 9.40. The molecule has 2 N–H and O–H groups in total. The molecule has 1 aromatic heterocycles. The van der Waals surface area contributed by atoms with Crippen LogP contribution in [0.3, 0.4) is 0 Å². The van der Waals surface area contributed by atoms with Gasteiger partial charge in [0.25, 0.3) is 0 Å². The van der Waals surface area contributed by atoms with Crippen LogP contribution in [-0.2, 0) is 4.74 Å². The number of aromatic nitrogens is 2. The fourth-order valence-electron chi connectivity index (χ4n) is 3.19. The molecule has 0 amide bonds. The molecule has 1 aliphatic rings. The van der Waals surface area contributed by atoms with Crippen molar-refractivity contribution >= 4 is 17.3 Å². The van der Waals surface area contributed by atoms with E-state index in [9.17, 15) is 0 Å². The topological polar surface area (TPSA) is 59.1 Å². The van der Waals surface area contributed by atoms with E-state index in [0.29, 0.717) is 5.82 Å². The Bertz CT molecular complexity index is 892. The average molecular weight is 360 g/mol. The van der Waals surface area contributed by atoms with Gasteiger partial charge in [-0.2, -0.15) is 0 Å². The first-order chi connectivity index (χ1) is 13.3. The zero-order valence-electron chi connectivity index (χ0n) is 15.5. The van der Waals surface area contributed by atoms with Gasteiger partial charge in [-0.1, -0.05) is 48.5 Å². The summed E-state index contributed by atoms with van der Waals surface area (Å²) in [4.78, 5) is 9.44. The molecular weight excluding hydrogens is 336 g/mol. The quantitative estimate of drug-likeness (QED) is 0.662. The number of ether oxygens (including phenoxy) is 1. The lowest BCUT2D eigenvalue weighted by atomic mass is 10.2. The summed E-state index contributed by atoms with van der Waals surface area (Å²) in [6.07, 6.45) is 2.48. The maximum atomic E-state index is 5.71. The summed E-state index contributed by atoms with van der Waals surface area (Å²) in [6, 6.07) is 20.2. The van der Waals surface area contributed by atoms with Crippen molar-refractivity contribution in [1.82, 2.24) is 9.97 Å². The van der Waals surface area contributed by atoms with Crippen LogP contribution in [0.5, 0.6) is 0 Å². The summed E-state index contributed by atoms with van der Waals surface area (Å²) >= 11 is 0. The van der Waals surface area contributed by atoms with Crippen molar-refractivity contribution in [3.63, 3.8) is 0 Å². The van der Waals surface area contributed by atoms with E-state index in [-0.39, 0.29) is 6.10 Å². The first kappa shape index (κ1) is 17.5. The SMILES string of the molecule is Cc1ccccc1Nc1cc(NCC2CCCO2)nc(-c2ccccc2)n1. The second kappa shape index (κ2) is 8.18. The van der Waals surface area contributed by atoms with Crippen molar-refractivity contribution in [2.75, 3.05) is 23.8 Å². The van der Waals surface area contributed by atoms with E-state index in [0.717, 1.165) is 48.9 Å². The molecule has 0 spiro atoms. The minimum atomic E-state index is 0.257. The number of hydrogen-bond acceptors (Lipinski definition) is 5. The molecule has 1 aliphatic heterocycles. The van der Waals surface area contributed by atoms with Crippen LogP contribution in [0, 0.1) is 6.92 Å². The van der Waals surface area contributed by atoms with Crippen molar-refractivity contribution < 1.29 is 4.74 Å². The second-order valence-corrected chi connectivity index (χ2v) is 6.78. The molecule has 0 bridgehead atoms. The van der Waals surface area contributed by atoms with Crippen LogP contribution in [0.25, 0.3) is 11.4 Å². The highest BCUT2D eigenvalue weighted by atomic mass is 16.5. The van der Waals surface area contributed by atoms with Crippen molar-refractivity contribution in [3.05, 3.63) is 66.2 Å². The standard InChI is InChI=1S/C22H24N4O/c1-16-8-5-6-12-19(16)24-21-14-20(23-15-18-11-7-13-27-18)25-22(26-21)17-9-3-2-4-10-17/h2-6,8-10,12,14,18H,7,11,13,15H2,1H3,(H2,23,24,25,26). The second-order valence-electron chi connectivity index (χ2n) is 6.78. The molecule has 0 saturated carbocycles. The van der Waals surface area contributed by atoms with Gasteiger partial charge >= 0.3 is 0 Å². The highest BCUT2D eigenvalue weighted by Crippen LogP contribution is 2.24. The number of hydrogen-bond donors (Lipinski definition) is 2. The highest BCUT2D eigenvalue weighted by Gasteiger charge is 2.16. The van der Waals surface area contributed by atoms with E-state index in [1.807, 2.05) is 48.5 Å². The lowest BCUT2D eigenvalue weighted by Gasteiger charge is -2.15. The number of benzene rings is 2. The maximum Gasteiger partial charge on any atom is 0.163 e. The predicted octanol–water partition coefficient (Wildman–Crippen LogP) is 4.79. The van der Waals surface area contributed by atoms with Gasteiger partial charge < -0.3 is 15.4 Å². The molecule has 2 aromatic carbocycles. The molecule has 2 heterocycles. The van der Waals surface area contributed by atoms with Crippen LogP contribution in [-0.4, -0.2) is 29.2 Å². The molecule has 138 valence electrons. The summed E-state index contributed by atoms with van der Waals surface area (Å²) in [6.45, 7) is 3.69. The molecular formula is C22H24N4O. The van der Waals surface area contributed by atoms with Gasteiger partial charge in [-0.3, -0.25) is 0 Å². The number of para-hydroxylation sites is 1. The molecule has 1 saturated heterocycles. The molecule has 4 rings (SSSR count). The smallest absolute Gasteiger partial charge is 0.163 e. The van der Waals surface area contributed by atoms with E-state index in [1.165, 1.54) is 5.56 Å². The van der Waals surface area contributed by atoms with Gasteiger partial charge in [-0.05, 0) is 31.4 Å². The van der Waals surface area contributed by atoms with E-state index < -0.39 is 0 Å². The Morgan fingerprint density at radius 3 is 2.56 bits per heavy atom. The summed E-state index contributed by atoms with van der Waals surface area (Å²) in [7, 11) is 0. The number of nitrogens with zero attached hydrogens (tertiary/aromatic N) is 2. The third-order valence-corrected chi connectivity index (χ3v) is 4.70. The minimum absolute atomic E-state index is 0.257. The predicted molar refractivity (Wildman–Crippen MR) is 109 cm³/mol. The number of aryl methyl sites for hydroxylation is 1. The van der Waals surface area contributed by atoms with Crippen molar-refractivity contribution in [2.24, 2.45) is 0 Å². The van der Waals surface area contributed by atoms with Gasteiger partial charge in [0.1, 0.15) is 11.6 Å². The lowest BCUT2D eigenvalue weighted by molar-refractivity contribution is 0.120. The van der Waals surface area contributed by atoms with Crippen molar-refractivity contribution in [2.45, 2.75) is 25.9 Å². The normalized spacial score (nSPS) is 16.3. The molecule has 3 aromatic rings. The Kier molecular flexibility index (Phi) is 5.30. The van der Waals surface area contributed by atoms with E-state index in [1.54, 1.807) is 0 Å². The monoisotopic (exact) mass is 360 g/mol. The van der Waals surface area contributed by atoms with Gasteiger partial charge in [-0.15, -0.1) is 0 Å². The molecule has 0 aliphatic carbocycles. The van der Waals surface area contributed by atoms with Crippen LogP contribution in [0.2, 0.25) is 0 Å². The molecule has 1 atom stereocenters. The zero-order chi connectivity index (χ0) is 18.5. The van der Waals surface area contributed by atoms with E-state index in [2.05, 4.69) is 29.7 Å². The van der Waals surface area contributed by atoms with Crippen molar-refractivity contribution in [1.29, 1.82) is 0 Å². The molecule has 27 heavy (non-hydrogen) atoms. The summed E-state index contributed by atoms with van der Waals surface area (Å²) in [5.74, 6) is 2.27. The molecule has 5 nitrogen and oxygen atoms in total. The first-order valence-electron chi connectivity index (χ1n) is 9.40. The van der Waals surface area contributed by atoms with Crippen LogP contribution in [0.1, 0.15) is 18.4 Å². The molecule has 1 fully saturated rings. The summed E-state index contributed by atoms with van der Waals surface area (Å²) in [5.41, 5.74) is 3.21. The Balaban J connectivity index is 1.62. The Labute approximate surface area is 159 Å². The molecule has 0 radical (unpaired) electrons. The largest absolute Gasteiger partial charge is 0.376 e. The fourth-order valence-corrected chi connectivity index (χ4v) is 3.19. The van der Waals surface area contributed by atoms with Gasteiger partial charge in [0.15, 0.2) is 5.82 Å². The Morgan fingerprint density at radius 2 is 1.78 bits per heavy atom. The molecule has 1 unspecified atom stereocenters. The van der Waals surface area contributed by atoms with Gasteiger partial charge in [0.05, 0.1) is 6.10 Å². The van der Waals surface area contributed by atoms with E-state index >= 15 is 0 Å². The highest BCUT2D eigenvalue weighted by molar-refractivity contribution is 5.66. The van der Waals surface area contributed by atoms with Crippen molar-refractivity contribution in [3.8, 4) is 11.4 Å². The van der Waals surface area contributed by atoms with Crippen LogP contribution in [0.4, 0.5) is 17.3 Å². The fraction of sp³-hybridized carbons (Fsp3) is 0.273. The van der Waals surface area contributed by atoms with Gasteiger partial charge in [0, 0.05) is 30.5 Å². The minimum Gasteiger partial charge on any atom is -0.376 e. The third-order valence-electron chi connectivity index (χ3n) is 4.70. The molecule has 5 heteroatoms. The number of rotatable bonds is 6. The number of nitrogens with one attached hydrogen (secondary N) is 2. The number of anilines is 3. The van der Waals surface area contributed by atoms with E-state index in [4.69, 9.17) is 14.7 Å². The third kappa shape index (κ3) is 4.44. The van der Waals surface area contributed by atoms with Crippen LogP contribution in [0.15, 0.2) is 60.7 Å². The Hall–Kier alpha value is -2.92. The summed E-state index contributed by atoms with van der Waals surface area (Å²) in [5, 5.41) is 6.85. The van der Waals surface area contributed by atoms with Gasteiger partial charge in [-0.25, -0.2) is 9.97 Å². The van der Waals surface area contributed by atoms with Gasteiger partial charge in [0.2, 0.25) is 0 Å². The summed E-state index contributed by atoms with van der Waals surface area (Å²) < 4.78 is 5.71. The lowest BCUT2D eigenvalue weighted by Crippen LogP contribution is -2.19. The van der Waals surface area contributed by atoms with Crippen LogP contribution < -0.4 is 10.6 Å². The Morgan fingerprint density at radius 1 is 1.00 bits per heavy atom. The average Bonchev–Trinajstić information content (AvgIpc) is 3.22. The zero-order valence-corrected chi connectivity index (χ0v) is 15.5.